The second kappa shape index (κ2) is 11.9. The van der Waals surface area contributed by atoms with Gasteiger partial charge in [-0.3, -0.25) is 0 Å². The zero-order valence-electron chi connectivity index (χ0n) is 34.5. The molecule has 0 unspecified atom stereocenters. The van der Waals surface area contributed by atoms with Crippen LogP contribution in [0, 0.1) is 0 Å². The lowest BCUT2D eigenvalue weighted by Gasteiger charge is -2.13. The second-order valence-electron chi connectivity index (χ2n) is 13.9. The molecule has 3 heterocycles. The Balaban J connectivity index is 1.12. The van der Waals surface area contributed by atoms with Gasteiger partial charge in [0.1, 0.15) is 22.3 Å². The Bertz CT molecular complexity index is 3790. The van der Waals surface area contributed by atoms with Gasteiger partial charge in [-0.25, -0.2) is 15.0 Å². The number of aromatic nitrogens is 3. The van der Waals surface area contributed by atoms with Crippen LogP contribution in [0.25, 0.3) is 121 Å². The summed E-state index contributed by atoms with van der Waals surface area (Å²) in [4.78, 5) is 14.8. The van der Waals surface area contributed by atoms with E-state index in [4.69, 9.17) is 30.6 Å². The first-order valence-corrected chi connectivity index (χ1v) is 18.4. The van der Waals surface area contributed by atoms with E-state index in [1.165, 1.54) is 26.9 Å². The summed E-state index contributed by atoms with van der Waals surface area (Å²) >= 11 is 0. The molecule has 56 heavy (non-hydrogen) atoms. The van der Waals surface area contributed by atoms with Gasteiger partial charge < -0.3 is 8.83 Å². The predicted molar refractivity (Wildman–Crippen MR) is 229 cm³/mol. The molecule has 0 N–H and O–H groups in total. The highest BCUT2D eigenvalue weighted by Gasteiger charge is 2.21. The van der Waals surface area contributed by atoms with Gasteiger partial charge in [-0.1, -0.05) is 139 Å². The van der Waals surface area contributed by atoms with Crippen molar-refractivity contribution < 1.29 is 15.7 Å². The third-order valence-corrected chi connectivity index (χ3v) is 10.8. The summed E-state index contributed by atoms with van der Waals surface area (Å²) in [7, 11) is 0. The van der Waals surface area contributed by atoms with Crippen molar-refractivity contribution in [1.29, 1.82) is 0 Å². The molecule has 5 nitrogen and oxygen atoms in total. The van der Waals surface area contributed by atoms with E-state index in [2.05, 4.69) is 72.8 Å². The van der Waals surface area contributed by atoms with Crippen molar-refractivity contribution in [3.05, 3.63) is 176 Å². The van der Waals surface area contributed by atoms with Crippen molar-refractivity contribution in [3.8, 4) is 45.3 Å². The summed E-state index contributed by atoms with van der Waals surface area (Å²) in [5, 5.41) is 10.6. The normalized spacial score (nSPS) is 13.2. The Labute approximate surface area is 327 Å². The number of furan rings is 2. The maximum absolute atomic E-state index is 8.88. The van der Waals surface area contributed by atoms with Gasteiger partial charge in [-0.05, 0) is 79.8 Å². The molecule has 0 atom stereocenters. The smallest absolute Gasteiger partial charge is 0.164 e. The van der Waals surface area contributed by atoms with E-state index in [1.54, 1.807) is 0 Å². The summed E-state index contributed by atoms with van der Waals surface area (Å²) in [6.07, 6.45) is 0. The molecule has 12 aromatic rings. The molecule has 0 radical (unpaired) electrons. The number of nitrogens with zero attached hydrogens (tertiary/aromatic N) is 3. The van der Waals surface area contributed by atoms with Crippen molar-refractivity contribution in [1.82, 2.24) is 15.0 Å². The minimum absolute atomic E-state index is 0.0552. The van der Waals surface area contributed by atoms with Crippen molar-refractivity contribution in [2.75, 3.05) is 0 Å². The molecule has 0 fully saturated rings. The van der Waals surface area contributed by atoms with E-state index >= 15 is 0 Å². The highest BCUT2D eigenvalue weighted by Crippen LogP contribution is 2.43. The lowest BCUT2D eigenvalue weighted by Crippen LogP contribution is -2.00. The summed E-state index contributed by atoms with van der Waals surface area (Å²) in [6, 6.07) is 46.6. The van der Waals surface area contributed by atoms with Gasteiger partial charge in [0.05, 0.1) is 6.85 Å². The van der Waals surface area contributed by atoms with Crippen LogP contribution >= 0.6 is 0 Å². The molecule has 0 amide bonds. The van der Waals surface area contributed by atoms with Crippen molar-refractivity contribution in [2.45, 2.75) is 0 Å². The van der Waals surface area contributed by atoms with Gasteiger partial charge in [0.2, 0.25) is 0 Å². The van der Waals surface area contributed by atoms with Crippen LogP contribution in [0.15, 0.2) is 185 Å². The number of benzene rings is 9. The molecule has 0 aliphatic carbocycles. The summed E-state index contributed by atoms with van der Waals surface area (Å²) < 4.78 is 55.8. The van der Waals surface area contributed by atoms with Gasteiger partial charge in [0, 0.05) is 38.2 Å². The fourth-order valence-corrected chi connectivity index (χ4v) is 8.33. The monoisotopic (exact) mass is 720 g/mol. The minimum Gasteiger partial charge on any atom is -0.456 e. The third-order valence-electron chi connectivity index (χ3n) is 10.8. The van der Waals surface area contributed by atoms with E-state index in [1.807, 2.05) is 72.8 Å². The van der Waals surface area contributed by atoms with Gasteiger partial charge in [-0.2, -0.15) is 0 Å². The summed E-state index contributed by atoms with van der Waals surface area (Å²) in [6.45, 7) is 0. The molecule has 0 saturated carbocycles. The lowest BCUT2D eigenvalue weighted by atomic mass is 9.91. The Morgan fingerprint density at radius 1 is 0.339 bits per heavy atom. The van der Waals surface area contributed by atoms with Crippen LogP contribution < -0.4 is 0 Å². The average molecular weight is 721 g/mol. The maximum atomic E-state index is 8.88. The number of hydrogen-bond acceptors (Lipinski definition) is 5. The average Bonchev–Trinajstić information content (AvgIpc) is 3.88. The Kier molecular flexibility index (Phi) is 5.58. The number of rotatable bonds is 4. The minimum atomic E-state index is -0.499. The first-order valence-electron chi connectivity index (χ1n) is 20.9. The molecule has 9 aromatic carbocycles. The summed E-state index contributed by atoms with van der Waals surface area (Å²) in [5.41, 5.74) is 5.74. The number of fused-ring (bicyclic) bond motifs is 12. The molecule has 260 valence electrons. The third kappa shape index (κ3) is 4.64. The van der Waals surface area contributed by atoms with Gasteiger partial charge in [0.25, 0.3) is 0 Å². The molecular formula is C51H29N3O2. The SMILES string of the molecule is [2H]c1c([2H])c([2H])c(-c2nc(-c3ccc4c(c3)oc3ccccc34)nc(-c3cccc4oc5cccc(-c6ccc7c8ccccc8c8ccccc8c7c6)c5c34)n2)c([2H])c1[2H]. The highest BCUT2D eigenvalue weighted by atomic mass is 16.3. The number of para-hydroxylation sites is 1. The van der Waals surface area contributed by atoms with Crippen LogP contribution in [0.3, 0.4) is 0 Å². The Morgan fingerprint density at radius 2 is 0.839 bits per heavy atom. The first-order chi connectivity index (χ1) is 29.8. The second-order valence-corrected chi connectivity index (χ2v) is 13.9. The molecule has 0 bridgehead atoms. The van der Waals surface area contributed by atoms with Gasteiger partial charge in [-0.15, -0.1) is 0 Å². The van der Waals surface area contributed by atoms with Gasteiger partial charge in [0.15, 0.2) is 17.5 Å². The Morgan fingerprint density at radius 3 is 1.57 bits per heavy atom. The molecule has 0 aliphatic rings. The standard InChI is InChI=1S/C51H29N3O2/c1-2-12-30(13-3-1)49-52-50(32-25-27-40-39-18-8-9-21-43(39)55-46(40)29-32)54-51(53-49)41-20-11-23-45-48(41)47-33(19-10-22-44(47)56-45)31-24-26-38-36-16-5-4-14-34(36)35-15-6-7-17-37(35)42(38)28-31/h1-29H/i1D,2D,3D,12D,13D. The maximum Gasteiger partial charge on any atom is 0.164 e. The van der Waals surface area contributed by atoms with Crippen LogP contribution in [-0.2, 0) is 0 Å². The predicted octanol–water partition coefficient (Wildman–Crippen LogP) is 13.8. The molecule has 5 heteroatoms. The van der Waals surface area contributed by atoms with E-state index in [-0.39, 0.29) is 23.0 Å². The molecule has 0 spiro atoms. The molecule has 3 aromatic heterocycles. The van der Waals surface area contributed by atoms with Crippen molar-refractivity contribution in [3.63, 3.8) is 0 Å². The molecule has 0 aliphatic heterocycles. The zero-order chi connectivity index (χ0) is 41.1. The van der Waals surface area contributed by atoms with Crippen LogP contribution in [0.1, 0.15) is 6.85 Å². The quantitative estimate of drug-likeness (QED) is 0.169. The topological polar surface area (TPSA) is 65.0 Å². The zero-order valence-corrected chi connectivity index (χ0v) is 29.5. The molecular weight excluding hydrogens is 687 g/mol. The number of hydrogen-bond donors (Lipinski definition) is 0. The van der Waals surface area contributed by atoms with Crippen LogP contribution in [0.4, 0.5) is 0 Å². The van der Waals surface area contributed by atoms with E-state index in [9.17, 15) is 0 Å². The largest absolute Gasteiger partial charge is 0.456 e. The van der Waals surface area contributed by atoms with E-state index < -0.39 is 30.2 Å². The summed E-state index contributed by atoms with van der Waals surface area (Å²) in [5.74, 6) is 0.434. The van der Waals surface area contributed by atoms with Crippen LogP contribution in [0.5, 0.6) is 0 Å². The molecule has 12 rings (SSSR count). The van der Waals surface area contributed by atoms with Crippen molar-refractivity contribution >= 4 is 76.2 Å². The first kappa shape index (κ1) is 26.2. The van der Waals surface area contributed by atoms with E-state index in [0.717, 1.165) is 43.6 Å². The van der Waals surface area contributed by atoms with Crippen LogP contribution in [0.2, 0.25) is 0 Å². The van der Waals surface area contributed by atoms with Crippen molar-refractivity contribution in [2.24, 2.45) is 0 Å². The van der Waals surface area contributed by atoms with Gasteiger partial charge >= 0.3 is 0 Å². The fourth-order valence-electron chi connectivity index (χ4n) is 8.33. The highest BCUT2D eigenvalue weighted by molar-refractivity contribution is 6.26. The Hall–Kier alpha value is -7.63. The fraction of sp³-hybridized carbons (Fsp3) is 0. The lowest BCUT2D eigenvalue weighted by molar-refractivity contribution is 0.668. The van der Waals surface area contributed by atoms with E-state index in [0.29, 0.717) is 27.9 Å². The molecule has 0 saturated heterocycles. The van der Waals surface area contributed by atoms with Crippen LogP contribution in [-0.4, -0.2) is 15.0 Å².